The van der Waals surface area contributed by atoms with E-state index in [2.05, 4.69) is 0 Å². The molecular formula is C10H9ClF5NO. The minimum atomic E-state index is -5.16. The van der Waals surface area contributed by atoms with Crippen LogP contribution in [0, 0.1) is 11.6 Å². The summed E-state index contributed by atoms with van der Waals surface area (Å²) in [5.74, 6) is -4.96. The number of nitrogens with one attached hydrogen (secondary N) is 1. The molecule has 102 valence electrons. The zero-order valence-corrected chi connectivity index (χ0v) is 10.1. The summed E-state index contributed by atoms with van der Waals surface area (Å²) in [4.78, 5) is 10.4. The molecule has 0 atom stereocenters. The third kappa shape index (κ3) is 4.14. The van der Waals surface area contributed by atoms with Crippen molar-refractivity contribution < 1.29 is 26.7 Å². The van der Waals surface area contributed by atoms with Crippen LogP contribution in [-0.2, 0) is 4.79 Å². The van der Waals surface area contributed by atoms with Crippen LogP contribution in [0.1, 0.15) is 13.8 Å². The van der Waals surface area contributed by atoms with Crippen molar-refractivity contribution in [2.24, 2.45) is 0 Å². The van der Waals surface area contributed by atoms with Crippen molar-refractivity contribution in [3.8, 4) is 0 Å². The molecule has 1 N–H and O–H groups in total. The van der Waals surface area contributed by atoms with Crippen LogP contribution in [0.4, 0.5) is 27.6 Å². The van der Waals surface area contributed by atoms with Crippen molar-refractivity contribution in [1.82, 2.24) is 0 Å². The average Bonchev–Trinajstić information content (AvgIpc) is 2.31. The fraction of sp³-hybridized carbons (Fsp3) is 0.300. The summed E-state index contributed by atoms with van der Waals surface area (Å²) >= 11 is 5.10. The van der Waals surface area contributed by atoms with Crippen LogP contribution in [0.25, 0.3) is 0 Å². The molecule has 0 bridgehead atoms. The number of rotatable bonds is 1. The van der Waals surface area contributed by atoms with E-state index in [1.54, 1.807) is 0 Å². The van der Waals surface area contributed by atoms with Crippen molar-refractivity contribution in [1.29, 1.82) is 0 Å². The van der Waals surface area contributed by atoms with Gasteiger partial charge in [-0.2, -0.15) is 13.2 Å². The van der Waals surface area contributed by atoms with Crippen LogP contribution in [0.5, 0.6) is 0 Å². The molecule has 0 spiro atoms. The highest BCUT2D eigenvalue weighted by molar-refractivity contribution is 6.31. The van der Waals surface area contributed by atoms with E-state index in [9.17, 15) is 26.7 Å². The third-order valence-corrected chi connectivity index (χ3v) is 1.89. The van der Waals surface area contributed by atoms with Crippen molar-refractivity contribution in [3.63, 3.8) is 0 Å². The van der Waals surface area contributed by atoms with Gasteiger partial charge in [-0.15, -0.1) is 0 Å². The summed E-state index contributed by atoms with van der Waals surface area (Å²) < 4.78 is 61.1. The predicted octanol–water partition coefficient (Wildman–Crippen LogP) is 4.15. The van der Waals surface area contributed by atoms with Crippen molar-refractivity contribution in [3.05, 3.63) is 28.8 Å². The Labute approximate surface area is 105 Å². The first-order valence-corrected chi connectivity index (χ1v) is 5.13. The molecule has 18 heavy (non-hydrogen) atoms. The number of amides is 1. The van der Waals surface area contributed by atoms with Crippen molar-refractivity contribution in [2.45, 2.75) is 20.0 Å². The molecule has 0 aromatic heterocycles. The third-order valence-electron chi connectivity index (χ3n) is 1.54. The van der Waals surface area contributed by atoms with E-state index in [-0.39, 0.29) is 0 Å². The number of carbonyl (C=O) groups is 1. The molecular weight excluding hydrogens is 281 g/mol. The molecule has 1 aromatic rings. The van der Waals surface area contributed by atoms with Gasteiger partial charge in [-0.3, -0.25) is 4.79 Å². The van der Waals surface area contributed by atoms with Crippen LogP contribution in [0.2, 0.25) is 5.02 Å². The highest BCUT2D eigenvalue weighted by Crippen LogP contribution is 2.26. The monoisotopic (exact) mass is 289 g/mol. The normalized spacial score (nSPS) is 10.4. The predicted molar refractivity (Wildman–Crippen MR) is 57.4 cm³/mol. The summed E-state index contributed by atoms with van der Waals surface area (Å²) in [7, 11) is 0. The lowest BCUT2D eigenvalue weighted by atomic mass is 10.3. The van der Waals surface area contributed by atoms with Gasteiger partial charge in [0.05, 0.1) is 5.69 Å². The Hall–Kier alpha value is -1.37. The lowest BCUT2D eigenvalue weighted by molar-refractivity contribution is -0.167. The minimum Gasteiger partial charge on any atom is -0.316 e. The number of hydrogen-bond donors (Lipinski definition) is 1. The molecule has 0 fully saturated rings. The van der Waals surface area contributed by atoms with E-state index >= 15 is 0 Å². The van der Waals surface area contributed by atoms with Gasteiger partial charge in [0.25, 0.3) is 0 Å². The highest BCUT2D eigenvalue weighted by atomic mass is 35.5. The van der Waals surface area contributed by atoms with Crippen LogP contribution in [0.3, 0.4) is 0 Å². The number of anilines is 1. The number of halogens is 6. The summed E-state index contributed by atoms with van der Waals surface area (Å²) in [5.41, 5.74) is -0.839. The second-order valence-electron chi connectivity index (χ2n) is 2.67. The first kappa shape index (κ1) is 16.6. The number of alkyl halides is 3. The molecule has 2 nitrogen and oxygen atoms in total. The Balaban J connectivity index is 0.00000137. The lowest BCUT2D eigenvalue weighted by Gasteiger charge is -2.09. The molecule has 0 heterocycles. The van der Waals surface area contributed by atoms with E-state index in [0.29, 0.717) is 12.1 Å². The molecule has 0 aliphatic rings. The second-order valence-corrected chi connectivity index (χ2v) is 3.05. The maximum absolute atomic E-state index is 13.1. The number of benzene rings is 1. The molecule has 8 heteroatoms. The van der Waals surface area contributed by atoms with Gasteiger partial charge < -0.3 is 5.32 Å². The summed E-state index contributed by atoms with van der Waals surface area (Å²) in [5, 5.41) is 0.242. The van der Waals surface area contributed by atoms with E-state index in [1.165, 1.54) is 5.32 Å². The molecule has 1 rings (SSSR count). The standard InChI is InChI=1S/C8H3ClF5NO.C2H6/c9-5-3(10)1-2-4(6(5)11)15-7(16)8(12,13)14;1-2/h1-2H,(H,15,16);1-2H3. The smallest absolute Gasteiger partial charge is 0.316 e. The molecule has 0 aliphatic carbocycles. The van der Waals surface area contributed by atoms with E-state index in [0.717, 1.165) is 0 Å². The van der Waals surface area contributed by atoms with Crippen LogP contribution in [0.15, 0.2) is 12.1 Å². The molecule has 0 unspecified atom stereocenters. The van der Waals surface area contributed by atoms with E-state index in [4.69, 9.17) is 11.6 Å². The van der Waals surface area contributed by atoms with Gasteiger partial charge in [-0.1, -0.05) is 25.4 Å². The Morgan fingerprint density at radius 3 is 2.17 bits per heavy atom. The van der Waals surface area contributed by atoms with Crippen LogP contribution in [-0.4, -0.2) is 12.1 Å². The van der Waals surface area contributed by atoms with E-state index < -0.39 is 34.4 Å². The Bertz CT molecular complexity index is 433. The zero-order chi connectivity index (χ0) is 14.5. The van der Waals surface area contributed by atoms with Gasteiger partial charge in [0, 0.05) is 0 Å². The fourth-order valence-corrected chi connectivity index (χ4v) is 0.980. The van der Waals surface area contributed by atoms with E-state index in [1.807, 2.05) is 13.8 Å². The van der Waals surface area contributed by atoms with Crippen LogP contribution < -0.4 is 5.32 Å². The maximum Gasteiger partial charge on any atom is 0.471 e. The van der Waals surface area contributed by atoms with Gasteiger partial charge in [-0.05, 0) is 12.1 Å². The first-order valence-electron chi connectivity index (χ1n) is 4.75. The zero-order valence-electron chi connectivity index (χ0n) is 9.33. The maximum atomic E-state index is 13.1. The molecule has 0 saturated carbocycles. The second kappa shape index (κ2) is 6.53. The van der Waals surface area contributed by atoms with Crippen molar-refractivity contribution in [2.75, 3.05) is 5.32 Å². The van der Waals surface area contributed by atoms with Gasteiger partial charge in [0.1, 0.15) is 10.8 Å². The Morgan fingerprint density at radius 2 is 1.72 bits per heavy atom. The average molecular weight is 290 g/mol. The lowest BCUT2D eigenvalue weighted by Crippen LogP contribution is -2.30. The minimum absolute atomic E-state index is 0.636. The first-order chi connectivity index (χ1) is 8.23. The molecule has 0 radical (unpaired) electrons. The van der Waals surface area contributed by atoms with Crippen LogP contribution >= 0.6 is 11.6 Å². The summed E-state index contributed by atoms with van der Waals surface area (Å²) in [6, 6.07) is 1.28. The number of hydrogen-bond acceptors (Lipinski definition) is 1. The quantitative estimate of drug-likeness (QED) is 0.611. The fourth-order valence-electron chi connectivity index (χ4n) is 0.816. The highest BCUT2D eigenvalue weighted by Gasteiger charge is 2.39. The SMILES string of the molecule is CC.O=C(Nc1ccc(F)c(Cl)c1F)C(F)(F)F. The Morgan fingerprint density at radius 1 is 1.22 bits per heavy atom. The molecule has 0 aliphatic heterocycles. The molecule has 1 aromatic carbocycles. The van der Waals surface area contributed by atoms with Gasteiger partial charge in [0.2, 0.25) is 0 Å². The topological polar surface area (TPSA) is 29.1 Å². The molecule has 0 saturated heterocycles. The summed E-state index contributed by atoms with van der Waals surface area (Å²) in [6.45, 7) is 4.00. The van der Waals surface area contributed by atoms with Crippen molar-refractivity contribution >= 4 is 23.2 Å². The van der Waals surface area contributed by atoms with Gasteiger partial charge in [0.15, 0.2) is 5.82 Å². The Kier molecular flexibility index (Phi) is 6.04. The van der Waals surface area contributed by atoms with Gasteiger partial charge in [-0.25, -0.2) is 8.78 Å². The summed E-state index contributed by atoms with van der Waals surface area (Å²) in [6.07, 6.45) is -5.16. The van der Waals surface area contributed by atoms with Gasteiger partial charge >= 0.3 is 12.1 Å². The molecule has 1 amide bonds. The largest absolute Gasteiger partial charge is 0.471 e. The number of carbonyl (C=O) groups excluding carboxylic acids is 1.